The van der Waals surface area contributed by atoms with Crippen LogP contribution in [-0.2, 0) is 28.5 Å². The fraction of sp³-hybridized carbons (Fsp3) is 0.909. The summed E-state index contributed by atoms with van der Waals surface area (Å²) in [5.41, 5.74) is 0. The first kappa shape index (κ1) is 14.5. The molecule has 2 atom stereocenters. The number of aldehydes is 1. The van der Waals surface area contributed by atoms with E-state index in [1.807, 2.05) is 0 Å². The third-order valence-corrected chi connectivity index (χ3v) is 2.31. The van der Waals surface area contributed by atoms with Crippen molar-refractivity contribution in [2.24, 2.45) is 0 Å². The second kappa shape index (κ2) is 7.03. The maximum atomic E-state index is 10.9. The molecule has 0 aromatic rings. The third-order valence-electron chi connectivity index (χ3n) is 2.31. The highest BCUT2D eigenvalue weighted by Crippen LogP contribution is 2.24. The predicted molar refractivity (Wildman–Crippen MR) is 58.5 cm³/mol. The van der Waals surface area contributed by atoms with Crippen molar-refractivity contribution in [3.63, 3.8) is 0 Å². The lowest BCUT2D eigenvalue weighted by Crippen LogP contribution is -2.34. The number of hydrogen-bond donors (Lipinski definition) is 0. The second-order valence-corrected chi connectivity index (χ2v) is 4.15. The summed E-state index contributed by atoms with van der Waals surface area (Å²) in [4.78, 5) is 10.9. The number of carbonyl (C=O) groups excluding carboxylic acids is 1. The van der Waals surface area contributed by atoms with E-state index in [1.165, 1.54) is 0 Å². The van der Waals surface area contributed by atoms with Gasteiger partial charge in [0.2, 0.25) is 0 Å². The Morgan fingerprint density at radius 3 is 2.76 bits per heavy atom. The Morgan fingerprint density at radius 2 is 2.24 bits per heavy atom. The average Bonchev–Trinajstić information content (AvgIpc) is 2.64. The van der Waals surface area contributed by atoms with Gasteiger partial charge in [0.1, 0.15) is 19.0 Å². The van der Waals surface area contributed by atoms with Gasteiger partial charge >= 0.3 is 0 Å². The smallest absolute Gasteiger partial charge is 0.163 e. The summed E-state index contributed by atoms with van der Waals surface area (Å²) in [6.45, 7) is 4.89. The molecule has 0 bridgehead atoms. The van der Waals surface area contributed by atoms with Gasteiger partial charge in [0.05, 0.1) is 19.8 Å². The minimum atomic E-state index is -0.667. The van der Waals surface area contributed by atoms with Gasteiger partial charge in [-0.05, 0) is 13.8 Å². The van der Waals surface area contributed by atoms with Crippen LogP contribution in [0.3, 0.4) is 0 Å². The van der Waals surface area contributed by atoms with Gasteiger partial charge < -0.3 is 28.5 Å². The highest BCUT2D eigenvalue weighted by Gasteiger charge is 2.37. The van der Waals surface area contributed by atoms with E-state index in [-0.39, 0.29) is 12.9 Å². The molecule has 6 heteroatoms. The zero-order valence-corrected chi connectivity index (χ0v) is 10.5. The molecule has 0 spiro atoms. The molecule has 0 aromatic heterocycles. The zero-order valence-electron chi connectivity index (χ0n) is 10.5. The Bertz CT molecular complexity index is 230. The molecule has 1 rings (SSSR count). The zero-order chi connectivity index (χ0) is 12.7. The summed E-state index contributed by atoms with van der Waals surface area (Å²) in [6.07, 6.45) is -0.345. The molecule has 6 nitrogen and oxygen atoms in total. The Balaban J connectivity index is 2.22. The van der Waals surface area contributed by atoms with Crippen LogP contribution in [-0.4, -0.2) is 58.0 Å². The number of rotatable bonds is 8. The van der Waals surface area contributed by atoms with Gasteiger partial charge in [-0.15, -0.1) is 0 Å². The van der Waals surface area contributed by atoms with E-state index in [1.54, 1.807) is 21.0 Å². The van der Waals surface area contributed by atoms with Crippen LogP contribution in [0, 0.1) is 0 Å². The second-order valence-electron chi connectivity index (χ2n) is 4.15. The van der Waals surface area contributed by atoms with E-state index < -0.39 is 11.9 Å². The van der Waals surface area contributed by atoms with E-state index in [0.717, 1.165) is 0 Å². The van der Waals surface area contributed by atoms with Crippen molar-refractivity contribution in [1.82, 2.24) is 0 Å². The fourth-order valence-electron chi connectivity index (χ4n) is 1.44. The van der Waals surface area contributed by atoms with Gasteiger partial charge in [0.25, 0.3) is 0 Å². The van der Waals surface area contributed by atoms with Crippen molar-refractivity contribution in [2.45, 2.75) is 31.8 Å². The summed E-state index contributed by atoms with van der Waals surface area (Å²) >= 11 is 0. The lowest BCUT2D eigenvalue weighted by atomic mass is 10.2. The quantitative estimate of drug-likeness (QED) is 0.351. The van der Waals surface area contributed by atoms with Gasteiger partial charge in [-0.1, -0.05) is 0 Å². The number of ether oxygens (including phenoxy) is 5. The highest BCUT2D eigenvalue weighted by molar-refractivity contribution is 5.57. The molecule has 0 N–H and O–H groups in total. The molecule has 1 saturated heterocycles. The highest BCUT2D eigenvalue weighted by atomic mass is 16.8. The molecule has 100 valence electrons. The van der Waals surface area contributed by atoms with Crippen molar-refractivity contribution in [2.75, 3.05) is 33.7 Å². The van der Waals surface area contributed by atoms with Gasteiger partial charge in [-0.3, -0.25) is 0 Å². The minimum absolute atomic E-state index is 0.0348. The molecule has 0 unspecified atom stereocenters. The van der Waals surface area contributed by atoms with Crippen LogP contribution >= 0.6 is 0 Å². The molecule has 1 aliphatic heterocycles. The molecule has 1 heterocycles. The summed E-state index contributed by atoms with van der Waals surface area (Å²) in [5.74, 6) is -0.661. The largest absolute Gasteiger partial charge is 0.382 e. The Morgan fingerprint density at radius 1 is 1.47 bits per heavy atom. The Labute approximate surface area is 101 Å². The molecule has 0 radical (unpaired) electrons. The van der Waals surface area contributed by atoms with Gasteiger partial charge in [-0.2, -0.15) is 0 Å². The molecule has 1 fully saturated rings. The van der Waals surface area contributed by atoms with Crippen molar-refractivity contribution < 1.29 is 28.5 Å². The van der Waals surface area contributed by atoms with Crippen LogP contribution in [0.5, 0.6) is 0 Å². The number of methoxy groups -OCH3 is 1. The van der Waals surface area contributed by atoms with Crippen molar-refractivity contribution in [3.05, 3.63) is 0 Å². The Kier molecular flexibility index (Phi) is 6.01. The molecule has 0 aliphatic carbocycles. The summed E-state index contributed by atoms with van der Waals surface area (Å²) < 4.78 is 26.1. The normalized spacial score (nSPS) is 24.8. The van der Waals surface area contributed by atoms with E-state index in [9.17, 15) is 4.79 Å². The summed E-state index contributed by atoms with van der Waals surface area (Å²) in [7, 11) is 1.59. The van der Waals surface area contributed by atoms with Crippen molar-refractivity contribution in [3.8, 4) is 0 Å². The predicted octanol–water partition coefficient (Wildman–Crippen LogP) is 0.342. The Hall–Kier alpha value is -0.530. The van der Waals surface area contributed by atoms with Gasteiger partial charge in [0, 0.05) is 7.11 Å². The van der Waals surface area contributed by atoms with Crippen LogP contribution in [0.15, 0.2) is 0 Å². The third kappa shape index (κ3) is 5.10. The topological polar surface area (TPSA) is 63.2 Å². The van der Waals surface area contributed by atoms with Crippen LogP contribution in [0.25, 0.3) is 0 Å². The van der Waals surface area contributed by atoms with Crippen molar-refractivity contribution in [1.29, 1.82) is 0 Å². The summed E-state index contributed by atoms with van der Waals surface area (Å²) in [6, 6.07) is 0. The minimum Gasteiger partial charge on any atom is -0.382 e. The standard InChI is InChI=1S/C11H20O6/c1-11(2)16-7-10(17-11)9(6-12)15-8-14-5-4-13-3/h6,9-10H,4-5,7-8H2,1-3H3/t9-,10+/m0/s1. The van der Waals surface area contributed by atoms with Crippen LogP contribution in [0.2, 0.25) is 0 Å². The summed E-state index contributed by atoms with van der Waals surface area (Å²) in [5, 5.41) is 0. The number of hydrogen-bond acceptors (Lipinski definition) is 6. The first-order valence-electron chi connectivity index (χ1n) is 5.54. The first-order chi connectivity index (χ1) is 8.09. The monoisotopic (exact) mass is 248 g/mol. The van der Waals surface area contributed by atoms with Crippen LogP contribution < -0.4 is 0 Å². The lowest BCUT2D eigenvalue weighted by molar-refractivity contribution is -0.173. The van der Waals surface area contributed by atoms with E-state index in [0.29, 0.717) is 26.1 Å². The molecule has 0 amide bonds. The number of carbonyl (C=O) groups is 1. The first-order valence-corrected chi connectivity index (χ1v) is 5.54. The molecule has 1 aliphatic rings. The van der Waals surface area contributed by atoms with Crippen molar-refractivity contribution >= 4 is 6.29 Å². The average molecular weight is 248 g/mol. The molecule has 17 heavy (non-hydrogen) atoms. The fourth-order valence-corrected chi connectivity index (χ4v) is 1.44. The van der Waals surface area contributed by atoms with E-state index in [2.05, 4.69) is 0 Å². The molecular formula is C11H20O6. The maximum Gasteiger partial charge on any atom is 0.163 e. The molecular weight excluding hydrogens is 228 g/mol. The van der Waals surface area contributed by atoms with E-state index in [4.69, 9.17) is 23.7 Å². The van der Waals surface area contributed by atoms with Crippen LogP contribution in [0.4, 0.5) is 0 Å². The molecule has 0 aromatic carbocycles. The lowest BCUT2D eigenvalue weighted by Gasteiger charge is -2.20. The van der Waals surface area contributed by atoms with Gasteiger partial charge in [-0.25, -0.2) is 0 Å². The molecule has 0 saturated carbocycles. The van der Waals surface area contributed by atoms with E-state index >= 15 is 0 Å². The van der Waals surface area contributed by atoms with Crippen LogP contribution in [0.1, 0.15) is 13.8 Å². The SMILES string of the molecule is COCCOCO[C@@H](C=O)[C@H]1COC(C)(C)O1. The maximum absolute atomic E-state index is 10.9. The van der Waals surface area contributed by atoms with Gasteiger partial charge in [0.15, 0.2) is 12.1 Å².